The van der Waals surface area contributed by atoms with Gasteiger partial charge >= 0.3 is 5.97 Å². The number of benzene rings is 1. The quantitative estimate of drug-likeness (QED) is 0.790. The van der Waals surface area contributed by atoms with E-state index < -0.39 is 5.60 Å². The molecule has 1 rings (SSSR count). The molecule has 4 nitrogen and oxygen atoms in total. The highest BCUT2D eigenvalue weighted by Gasteiger charge is 2.18. The molecule has 0 aliphatic heterocycles. The predicted molar refractivity (Wildman–Crippen MR) is 68.8 cm³/mol. The summed E-state index contributed by atoms with van der Waals surface area (Å²) in [5.41, 5.74) is -0.341. The highest BCUT2D eigenvalue weighted by atomic mass is 16.5. The number of hydrogen-bond donors (Lipinski definition) is 1. The number of hydrogen-bond acceptors (Lipinski definition) is 4. The van der Waals surface area contributed by atoms with Gasteiger partial charge in [0.05, 0.1) is 17.8 Å². The molecule has 1 N–H and O–H groups in total. The SMILES string of the molecule is CCOC(=O)c1ccc(OCC(C)(O)CC)cc1. The van der Waals surface area contributed by atoms with Gasteiger partial charge in [-0.15, -0.1) is 0 Å². The molecule has 0 saturated carbocycles. The van der Waals surface area contributed by atoms with Crippen LogP contribution in [0, 0.1) is 0 Å². The molecule has 1 aromatic carbocycles. The lowest BCUT2D eigenvalue weighted by Crippen LogP contribution is -2.31. The molecule has 100 valence electrons. The van der Waals surface area contributed by atoms with Crippen LogP contribution in [-0.4, -0.2) is 29.9 Å². The zero-order valence-corrected chi connectivity index (χ0v) is 11.1. The van der Waals surface area contributed by atoms with Gasteiger partial charge in [0.2, 0.25) is 0 Å². The second kappa shape index (κ2) is 6.40. The summed E-state index contributed by atoms with van der Waals surface area (Å²) in [7, 11) is 0. The monoisotopic (exact) mass is 252 g/mol. The summed E-state index contributed by atoms with van der Waals surface area (Å²) in [5.74, 6) is 0.279. The van der Waals surface area contributed by atoms with Crippen LogP contribution in [0.4, 0.5) is 0 Å². The zero-order valence-electron chi connectivity index (χ0n) is 11.1. The number of aliphatic hydroxyl groups is 1. The van der Waals surface area contributed by atoms with Gasteiger partial charge in [0.15, 0.2) is 0 Å². The highest BCUT2D eigenvalue weighted by Crippen LogP contribution is 2.16. The third kappa shape index (κ3) is 4.37. The lowest BCUT2D eigenvalue weighted by atomic mass is 10.1. The standard InChI is InChI=1S/C14H20O4/c1-4-14(3,16)10-18-12-8-6-11(7-9-12)13(15)17-5-2/h6-9,16H,4-5,10H2,1-3H3. The number of carbonyl (C=O) groups is 1. The molecule has 0 amide bonds. The Morgan fingerprint density at radius 1 is 1.28 bits per heavy atom. The summed E-state index contributed by atoms with van der Waals surface area (Å²) in [6, 6.07) is 6.68. The first-order valence-corrected chi connectivity index (χ1v) is 6.11. The van der Waals surface area contributed by atoms with Crippen LogP contribution in [-0.2, 0) is 4.74 Å². The smallest absolute Gasteiger partial charge is 0.338 e. The summed E-state index contributed by atoms with van der Waals surface area (Å²) in [4.78, 5) is 11.4. The summed E-state index contributed by atoms with van der Waals surface area (Å²) in [6.45, 7) is 5.97. The van der Waals surface area contributed by atoms with Crippen molar-refractivity contribution in [3.63, 3.8) is 0 Å². The fraction of sp³-hybridized carbons (Fsp3) is 0.500. The third-order valence-electron chi connectivity index (χ3n) is 2.68. The molecule has 1 unspecified atom stereocenters. The van der Waals surface area contributed by atoms with Crippen LogP contribution >= 0.6 is 0 Å². The van der Waals surface area contributed by atoms with Crippen molar-refractivity contribution in [2.45, 2.75) is 32.8 Å². The first kappa shape index (κ1) is 14.5. The van der Waals surface area contributed by atoms with Gasteiger partial charge in [-0.1, -0.05) is 6.92 Å². The van der Waals surface area contributed by atoms with E-state index in [9.17, 15) is 9.90 Å². The van der Waals surface area contributed by atoms with E-state index in [1.807, 2.05) is 6.92 Å². The predicted octanol–water partition coefficient (Wildman–Crippen LogP) is 2.40. The Kier molecular flexibility index (Phi) is 5.16. The maximum atomic E-state index is 11.4. The van der Waals surface area contributed by atoms with Gasteiger partial charge in [0.25, 0.3) is 0 Å². The first-order valence-electron chi connectivity index (χ1n) is 6.11. The number of carbonyl (C=O) groups excluding carboxylic acids is 1. The summed E-state index contributed by atoms with van der Waals surface area (Å²) >= 11 is 0. The number of ether oxygens (including phenoxy) is 2. The fourth-order valence-electron chi connectivity index (χ4n) is 1.24. The van der Waals surface area contributed by atoms with E-state index in [1.165, 1.54) is 0 Å². The fourth-order valence-corrected chi connectivity index (χ4v) is 1.24. The average Bonchev–Trinajstić information content (AvgIpc) is 2.37. The second-order valence-corrected chi connectivity index (χ2v) is 4.38. The van der Waals surface area contributed by atoms with Gasteiger partial charge in [-0.3, -0.25) is 0 Å². The zero-order chi connectivity index (χ0) is 13.6. The molecular weight excluding hydrogens is 232 g/mol. The first-order chi connectivity index (χ1) is 8.48. The van der Waals surface area contributed by atoms with Crippen LogP contribution in [0.2, 0.25) is 0 Å². The minimum Gasteiger partial charge on any atom is -0.491 e. The molecule has 1 aromatic rings. The van der Waals surface area contributed by atoms with Crippen LogP contribution in [0.1, 0.15) is 37.6 Å². The van der Waals surface area contributed by atoms with Crippen LogP contribution in [0.15, 0.2) is 24.3 Å². The van der Waals surface area contributed by atoms with Crippen LogP contribution in [0.3, 0.4) is 0 Å². The molecule has 0 bridgehead atoms. The van der Waals surface area contributed by atoms with Crippen molar-refractivity contribution in [1.29, 1.82) is 0 Å². The van der Waals surface area contributed by atoms with Gasteiger partial charge in [-0.05, 0) is 44.5 Å². The Morgan fingerprint density at radius 2 is 1.89 bits per heavy atom. The molecule has 4 heteroatoms. The molecule has 0 radical (unpaired) electrons. The normalized spacial score (nSPS) is 13.8. The van der Waals surface area contributed by atoms with E-state index in [0.29, 0.717) is 24.3 Å². The minimum atomic E-state index is -0.834. The Morgan fingerprint density at radius 3 is 2.39 bits per heavy atom. The van der Waals surface area contributed by atoms with Crippen molar-refractivity contribution in [2.75, 3.05) is 13.2 Å². The van der Waals surface area contributed by atoms with E-state index in [1.54, 1.807) is 38.1 Å². The van der Waals surface area contributed by atoms with Crippen molar-refractivity contribution < 1.29 is 19.4 Å². The lowest BCUT2D eigenvalue weighted by Gasteiger charge is -2.21. The van der Waals surface area contributed by atoms with Gasteiger partial charge < -0.3 is 14.6 Å². The average molecular weight is 252 g/mol. The molecule has 0 spiro atoms. The van der Waals surface area contributed by atoms with Crippen molar-refractivity contribution >= 4 is 5.97 Å². The number of esters is 1. The van der Waals surface area contributed by atoms with Crippen LogP contribution in [0.5, 0.6) is 5.75 Å². The topological polar surface area (TPSA) is 55.8 Å². The molecule has 0 saturated heterocycles. The number of rotatable bonds is 6. The molecule has 18 heavy (non-hydrogen) atoms. The van der Waals surface area contributed by atoms with Gasteiger partial charge in [-0.2, -0.15) is 0 Å². The maximum absolute atomic E-state index is 11.4. The second-order valence-electron chi connectivity index (χ2n) is 4.38. The van der Waals surface area contributed by atoms with Crippen LogP contribution < -0.4 is 4.74 Å². The Labute approximate surface area is 108 Å². The molecule has 0 aliphatic carbocycles. The molecule has 0 aliphatic rings. The minimum absolute atomic E-state index is 0.224. The van der Waals surface area contributed by atoms with Crippen LogP contribution in [0.25, 0.3) is 0 Å². The molecule has 0 aromatic heterocycles. The van der Waals surface area contributed by atoms with Gasteiger partial charge in [0.1, 0.15) is 12.4 Å². The highest BCUT2D eigenvalue weighted by molar-refractivity contribution is 5.89. The molecule has 0 heterocycles. The maximum Gasteiger partial charge on any atom is 0.338 e. The summed E-state index contributed by atoms with van der Waals surface area (Å²) in [6.07, 6.45) is 0.619. The van der Waals surface area contributed by atoms with E-state index in [0.717, 1.165) is 0 Å². The molecule has 1 atom stereocenters. The van der Waals surface area contributed by atoms with E-state index in [2.05, 4.69) is 0 Å². The molecule has 0 fully saturated rings. The van der Waals surface area contributed by atoms with Gasteiger partial charge in [0, 0.05) is 0 Å². The third-order valence-corrected chi connectivity index (χ3v) is 2.68. The van der Waals surface area contributed by atoms with Crippen molar-refractivity contribution in [2.24, 2.45) is 0 Å². The van der Waals surface area contributed by atoms with Crippen molar-refractivity contribution in [3.05, 3.63) is 29.8 Å². The van der Waals surface area contributed by atoms with E-state index >= 15 is 0 Å². The largest absolute Gasteiger partial charge is 0.491 e. The van der Waals surface area contributed by atoms with E-state index in [4.69, 9.17) is 9.47 Å². The van der Waals surface area contributed by atoms with E-state index in [-0.39, 0.29) is 12.6 Å². The summed E-state index contributed by atoms with van der Waals surface area (Å²) in [5, 5.41) is 9.80. The Balaban J connectivity index is 2.58. The lowest BCUT2D eigenvalue weighted by molar-refractivity contribution is 0.00844. The van der Waals surface area contributed by atoms with Crippen molar-refractivity contribution in [3.8, 4) is 5.75 Å². The Bertz CT molecular complexity index is 381. The van der Waals surface area contributed by atoms with Gasteiger partial charge in [-0.25, -0.2) is 4.79 Å². The summed E-state index contributed by atoms with van der Waals surface area (Å²) < 4.78 is 10.3. The molecular formula is C14H20O4. The Hall–Kier alpha value is -1.55. The van der Waals surface area contributed by atoms with Crippen molar-refractivity contribution in [1.82, 2.24) is 0 Å².